The number of aliphatic hydroxyl groups excluding tert-OH is 1. The van der Waals surface area contributed by atoms with E-state index in [1.54, 1.807) is 4.90 Å². The lowest BCUT2D eigenvalue weighted by molar-refractivity contribution is -0.132. The zero-order chi connectivity index (χ0) is 13.8. The van der Waals surface area contributed by atoms with Gasteiger partial charge in [-0.3, -0.25) is 4.79 Å². The third-order valence-electron chi connectivity index (χ3n) is 3.53. The first-order valence-electron chi connectivity index (χ1n) is 6.18. The average Bonchev–Trinajstić information content (AvgIpc) is 2.37. The van der Waals surface area contributed by atoms with E-state index in [0.29, 0.717) is 13.1 Å². The number of hydrogen-bond donors (Lipinski definition) is 2. The van der Waals surface area contributed by atoms with Gasteiger partial charge in [-0.05, 0) is 25.2 Å². The smallest absolute Gasteiger partial charge is 0.237 e. The molecule has 106 valence electrons. The van der Waals surface area contributed by atoms with Crippen molar-refractivity contribution in [3.05, 3.63) is 0 Å². The van der Waals surface area contributed by atoms with Crippen molar-refractivity contribution in [3.63, 3.8) is 0 Å². The summed E-state index contributed by atoms with van der Waals surface area (Å²) < 4.78 is 24.7. The van der Waals surface area contributed by atoms with Crippen LogP contribution in [-0.2, 0) is 14.8 Å². The van der Waals surface area contributed by atoms with E-state index in [4.69, 9.17) is 0 Å². The molecule has 1 aliphatic heterocycles. The van der Waals surface area contributed by atoms with Gasteiger partial charge in [-0.2, -0.15) is 0 Å². The van der Waals surface area contributed by atoms with Crippen LogP contribution in [-0.4, -0.2) is 56.3 Å². The maximum absolute atomic E-state index is 11.8. The van der Waals surface area contributed by atoms with E-state index in [9.17, 15) is 18.3 Å². The summed E-state index contributed by atoms with van der Waals surface area (Å²) in [6, 6.07) is 0. The van der Waals surface area contributed by atoms with Gasteiger partial charge in [0, 0.05) is 19.7 Å². The average molecular weight is 278 g/mol. The first-order chi connectivity index (χ1) is 8.32. The van der Waals surface area contributed by atoms with Crippen molar-refractivity contribution in [2.24, 2.45) is 5.41 Å². The van der Waals surface area contributed by atoms with E-state index >= 15 is 0 Å². The van der Waals surface area contributed by atoms with Gasteiger partial charge in [-0.15, -0.1) is 0 Å². The van der Waals surface area contributed by atoms with Crippen LogP contribution < -0.4 is 4.72 Å². The molecule has 7 heteroatoms. The van der Waals surface area contributed by atoms with Gasteiger partial charge in [-0.1, -0.05) is 6.92 Å². The number of carbonyl (C=O) groups is 1. The Bertz CT molecular complexity index is 386. The predicted octanol–water partition coefficient (Wildman–Crippen LogP) is -0.453. The number of piperidine rings is 1. The topological polar surface area (TPSA) is 86.7 Å². The Morgan fingerprint density at radius 3 is 2.39 bits per heavy atom. The summed E-state index contributed by atoms with van der Waals surface area (Å²) in [6.45, 7) is 4.62. The van der Waals surface area contributed by atoms with Crippen molar-refractivity contribution in [2.45, 2.75) is 26.7 Å². The molecule has 0 unspecified atom stereocenters. The van der Waals surface area contributed by atoms with Crippen LogP contribution in [0, 0.1) is 5.41 Å². The lowest BCUT2D eigenvalue weighted by Crippen LogP contribution is -2.47. The van der Waals surface area contributed by atoms with Crippen molar-refractivity contribution in [2.75, 3.05) is 32.0 Å². The molecule has 0 aromatic rings. The highest BCUT2D eigenvalue weighted by Crippen LogP contribution is 2.29. The second-order valence-electron chi connectivity index (χ2n) is 5.07. The minimum atomic E-state index is -3.32. The van der Waals surface area contributed by atoms with Crippen molar-refractivity contribution in [1.82, 2.24) is 9.62 Å². The number of nitrogens with zero attached hydrogens (tertiary/aromatic N) is 1. The molecule has 2 N–H and O–H groups in total. The summed E-state index contributed by atoms with van der Waals surface area (Å²) in [5.41, 5.74) is -0.111. The Kier molecular flexibility index (Phi) is 5.12. The first-order valence-corrected chi connectivity index (χ1v) is 7.83. The molecule has 1 amide bonds. The Balaban J connectivity index is 2.42. The third-order valence-corrected chi connectivity index (χ3v) is 4.87. The minimum Gasteiger partial charge on any atom is -0.396 e. The molecule has 1 saturated heterocycles. The Labute approximate surface area is 108 Å². The number of sulfonamides is 1. The molecular weight excluding hydrogens is 256 g/mol. The van der Waals surface area contributed by atoms with Crippen molar-refractivity contribution in [3.8, 4) is 0 Å². The maximum atomic E-state index is 11.8. The summed E-state index contributed by atoms with van der Waals surface area (Å²) in [4.78, 5) is 13.4. The summed E-state index contributed by atoms with van der Waals surface area (Å²) in [6.07, 6.45) is 1.49. The molecule has 1 aliphatic rings. The number of aliphatic hydroxyl groups is 1. The first kappa shape index (κ1) is 15.4. The molecule has 0 spiro atoms. The fourth-order valence-electron chi connectivity index (χ4n) is 1.84. The van der Waals surface area contributed by atoms with E-state index in [1.165, 1.54) is 6.92 Å². The monoisotopic (exact) mass is 278 g/mol. The van der Waals surface area contributed by atoms with Crippen molar-refractivity contribution in [1.29, 1.82) is 0 Å². The molecule has 18 heavy (non-hydrogen) atoms. The van der Waals surface area contributed by atoms with E-state index in [0.717, 1.165) is 12.8 Å². The molecule has 0 aliphatic carbocycles. The molecule has 0 atom stereocenters. The predicted molar refractivity (Wildman–Crippen MR) is 68.5 cm³/mol. The molecular formula is C11H22N2O4S. The van der Waals surface area contributed by atoms with Crippen molar-refractivity contribution >= 4 is 15.9 Å². The largest absolute Gasteiger partial charge is 0.396 e. The van der Waals surface area contributed by atoms with Crippen LogP contribution in [0.2, 0.25) is 0 Å². The SMILES string of the molecule is CCS(=O)(=O)NCC(=O)N1CCC(C)(CO)CC1. The lowest BCUT2D eigenvalue weighted by Gasteiger charge is -2.38. The molecule has 0 radical (unpaired) electrons. The Morgan fingerprint density at radius 1 is 1.39 bits per heavy atom. The van der Waals surface area contributed by atoms with Gasteiger partial charge < -0.3 is 10.0 Å². The summed E-state index contributed by atoms with van der Waals surface area (Å²) in [5.74, 6) is -0.227. The van der Waals surface area contributed by atoms with Gasteiger partial charge in [0.05, 0.1) is 12.3 Å². The van der Waals surface area contributed by atoms with Crippen molar-refractivity contribution < 1.29 is 18.3 Å². The van der Waals surface area contributed by atoms with Crippen LogP contribution in [0.15, 0.2) is 0 Å². The Hall–Kier alpha value is -0.660. The Morgan fingerprint density at radius 2 is 1.94 bits per heavy atom. The van der Waals surface area contributed by atoms with Crippen LogP contribution in [0.4, 0.5) is 0 Å². The second-order valence-corrected chi connectivity index (χ2v) is 7.17. The molecule has 0 aromatic heterocycles. The molecule has 0 bridgehead atoms. The van der Waals surface area contributed by atoms with E-state index in [-0.39, 0.29) is 30.2 Å². The highest BCUT2D eigenvalue weighted by Gasteiger charge is 2.31. The number of nitrogens with one attached hydrogen (secondary N) is 1. The summed E-state index contributed by atoms with van der Waals surface area (Å²) in [7, 11) is -3.32. The van der Waals surface area contributed by atoms with E-state index in [2.05, 4.69) is 4.72 Å². The summed E-state index contributed by atoms with van der Waals surface area (Å²) >= 11 is 0. The standard InChI is InChI=1S/C11H22N2O4S/c1-3-18(16,17)12-8-10(15)13-6-4-11(2,9-14)5-7-13/h12,14H,3-9H2,1-2H3. The van der Waals surface area contributed by atoms with Gasteiger partial charge in [0.15, 0.2) is 0 Å². The zero-order valence-corrected chi connectivity index (χ0v) is 11.8. The quantitative estimate of drug-likeness (QED) is 0.713. The fourth-order valence-corrected chi connectivity index (χ4v) is 2.39. The number of hydrogen-bond acceptors (Lipinski definition) is 4. The van der Waals surface area contributed by atoms with Gasteiger partial charge in [0.2, 0.25) is 15.9 Å². The van der Waals surface area contributed by atoms with E-state index in [1.807, 2.05) is 6.92 Å². The number of carbonyl (C=O) groups excluding carboxylic acids is 1. The van der Waals surface area contributed by atoms with Gasteiger partial charge >= 0.3 is 0 Å². The number of likely N-dealkylation sites (tertiary alicyclic amines) is 1. The number of rotatable bonds is 5. The lowest BCUT2D eigenvalue weighted by atomic mass is 9.81. The molecule has 1 fully saturated rings. The minimum absolute atomic E-state index is 0.0249. The normalized spacial score (nSPS) is 19.8. The van der Waals surface area contributed by atoms with Gasteiger partial charge in [0.1, 0.15) is 0 Å². The highest BCUT2D eigenvalue weighted by atomic mass is 32.2. The van der Waals surface area contributed by atoms with Gasteiger partial charge in [-0.25, -0.2) is 13.1 Å². The zero-order valence-electron chi connectivity index (χ0n) is 11.0. The molecule has 1 heterocycles. The van der Waals surface area contributed by atoms with Crippen LogP contribution in [0.3, 0.4) is 0 Å². The number of amides is 1. The van der Waals surface area contributed by atoms with Crippen LogP contribution >= 0.6 is 0 Å². The van der Waals surface area contributed by atoms with E-state index < -0.39 is 10.0 Å². The maximum Gasteiger partial charge on any atom is 0.237 e. The third kappa shape index (κ3) is 4.22. The van der Waals surface area contributed by atoms with Gasteiger partial charge in [0.25, 0.3) is 0 Å². The van der Waals surface area contributed by atoms with Crippen LogP contribution in [0.1, 0.15) is 26.7 Å². The van der Waals surface area contributed by atoms with Crippen LogP contribution in [0.25, 0.3) is 0 Å². The second kappa shape index (κ2) is 5.99. The highest BCUT2D eigenvalue weighted by molar-refractivity contribution is 7.89. The molecule has 0 saturated carbocycles. The molecule has 1 rings (SSSR count). The fraction of sp³-hybridized carbons (Fsp3) is 0.909. The molecule has 6 nitrogen and oxygen atoms in total. The molecule has 0 aromatic carbocycles. The summed E-state index contributed by atoms with van der Waals surface area (Å²) in [5, 5.41) is 9.22. The van der Waals surface area contributed by atoms with Crippen LogP contribution in [0.5, 0.6) is 0 Å².